The highest BCUT2D eigenvalue weighted by Crippen LogP contribution is 2.36. The van der Waals surface area contributed by atoms with Gasteiger partial charge in [0, 0.05) is 5.70 Å². The lowest BCUT2D eigenvalue weighted by atomic mass is 9.95. The number of hydrogen-bond acceptors (Lipinski definition) is 12. The molecule has 1 heterocycles. The number of ether oxygens (including phenoxy) is 5. The molecule has 2 amide bonds. The number of carbonyl (C=O) groups is 2. The Morgan fingerprint density at radius 3 is 2.49 bits per heavy atom. The number of hydrogen-bond donors (Lipinski definition) is 4. The van der Waals surface area contributed by atoms with Crippen LogP contribution in [0.1, 0.15) is 36.6 Å². The molecule has 0 fully saturated rings. The van der Waals surface area contributed by atoms with E-state index in [0.29, 0.717) is 17.0 Å². The topological polar surface area (TPSA) is 192 Å². The smallest absolute Gasteiger partial charge is 0.337 e. The van der Waals surface area contributed by atoms with E-state index < -0.39 is 29.2 Å². The fraction of sp³-hybridized carbons (Fsp3) is 0.281. The van der Waals surface area contributed by atoms with Gasteiger partial charge in [0.05, 0.1) is 55.2 Å². The number of amides is 2. The molecular formula is C32H35N5O10. The van der Waals surface area contributed by atoms with E-state index in [1.54, 1.807) is 32.0 Å². The Labute approximate surface area is 270 Å². The van der Waals surface area contributed by atoms with Crippen LogP contribution in [0.4, 0.5) is 10.5 Å². The van der Waals surface area contributed by atoms with Crippen molar-refractivity contribution in [2.45, 2.75) is 32.7 Å². The van der Waals surface area contributed by atoms with Crippen molar-refractivity contribution >= 4 is 23.9 Å². The summed E-state index contributed by atoms with van der Waals surface area (Å²) in [7, 11) is 2.66. The summed E-state index contributed by atoms with van der Waals surface area (Å²) in [4.78, 5) is 35.9. The van der Waals surface area contributed by atoms with Gasteiger partial charge in [-0.15, -0.1) is 0 Å². The third-order valence-corrected chi connectivity index (χ3v) is 6.85. The molecule has 15 heteroatoms. The molecule has 47 heavy (non-hydrogen) atoms. The van der Waals surface area contributed by atoms with E-state index in [0.717, 1.165) is 5.56 Å². The van der Waals surface area contributed by atoms with Crippen LogP contribution in [0.5, 0.6) is 23.0 Å². The Bertz CT molecular complexity index is 1660. The first-order valence-electron chi connectivity index (χ1n) is 14.4. The van der Waals surface area contributed by atoms with Crippen molar-refractivity contribution < 1.29 is 43.3 Å². The maximum atomic E-state index is 12.5. The molecule has 4 rings (SSSR count). The lowest BCUT2D eigenvalue weighted by molar-refractivity contribution is -0.385. The maximum Gasteiger partial charge on any atom is 0.337 e. The van der Waals surface area contributed by atoms with Crippen molar-refractivity contribution in [1.82, 2.24) is 16.1 Å². The summed E-state index contributed by atoms with van der Waals surface area (Å²) in [6, 6.07) is 15.5. The number of methoxy groups -OCH3 is 2. The summed E-state index contributed by atoms with van der Waals surface area (Å²) in [5.41, 5.74) is 4.29. The molecule has 0 bridgehead atoms. The number of allylic oxidation sites excluding steroid dienone is 1. The first-order valence-corrected chi connectivity index (χ1v) is 14.4. The Balaban J connectivity index is 1.44. The minimum atomic E-state index is -1.32. The third kappa shape index (κ3) is 8.67. The average Bonchev–Trinajstić information content (AvgIpc) is 3.06. The highest BCUT2D eigenvalue weighted by molar-refractivity contribution is 5.95. The molecule has 4 N–H and O–H groups in total. The quantitative estimate of drug-likeness (QED) is 0.0617. The number of rotatable bonds is 15. The second kappa shape index (κ2) is 15.9. The first kappa shape index (κ1) is 34.1. The predicted octanol–water partition coefficient (Wildman–Crippen LogP) is 3.70. The summed E-state index contributed by atoms with van der Waals surface area (Å²) >= 11 is 0. The van der Waals surface area contributed by atoms with Crippen molar-refractivity contribution in [3.8, 4) is 23.0 Å². The molecule has 0 aliphatic carbocycles. The Kier molecular flexibility index (Phi) is 11.6. The van der Waals surface area contributed by atoms with Crippen LogP contribution in [-0.2, 0) is 16.1 Å². The summed E-state index contributed by atoms with van der Waals surface area (Å²) in [5.74, 6) is 0.411. The number of nitro benzene ring substituents is 1. The molecule has 0 aromatic heterocycles. The molecule has 3 aromatic carbocycles. The molecule has 15 nitrogen and oxygen atoms in total. The van der Waals surface area contributed by atoms with Gasteiger partial charge in [-0.25, -0.2) is 9.59 Å². The van der Waals surface area contributed by atoms with Gasteiger partial charge in [-0.05, 0) is 43.2 Å². The van der Waals surface area contributed by atoms with Crippen LogP contribution in [0.15, 0.2) is 77.0 Å². The zero-order valence-corrected chi connectivity index (χ0v) is 26.1. The first-order chi connectivity index (χ1) is 22.6. The standard InChI is InChI=1S/C32H35N5O10/c1-5-45-26-13-21(30-29(31(39)44-4)19(2)34-32(40)35-30)11-12-24(26)47-18-28(38)36-33-16-22-14-25(43-3)27(15-23(22)37(41)42)46-17-20-9-7-6-8-10-20/h6-16,28,30,36,38H,5,17-18H2,1-4H3,(H2,34,35,40)/b33-16-/t28-,30-/m0/s1. The van der Waals surface area contributed by atoms with E-state index in [9.17, 15) is 24.8 Å². The molecule has 0 saturated carbocycles. The van der Waals surface area contributed by atoms with Crippen LogP contribution in [0.25, 0.3) is 0 Å². The number of aliphatic hydroxyl groups excluding tert-OH is 1. The van der Waals surface area contributed by atoms with Gasteiger partial charge in [0.25, 0.3) is 5.69 Å². The second-order valence-electron chi connectivity index (χ2n) is 10.0. The maximum absolute atomic E-state index is 12.5. The summed E-state index contributed by atoms with van der Waals surface area (Å²) in [6.07, 6.45) is -0.150. The van der Waals surface area contributed by atoms with E-state index in [-0.39, 0.29) is 53.9 Å². The summed E-state index contributed by atoms with van der Waals surface area (Å²) in [6.45, 7) is 3.55. The van der Waals surface area contributed by atoms with E-state index in [1.807, 2.05) is 30.3 Å². The number of hydrazone groups is 1. The molecule has 0 radical (unpaired) electrons. The number of esters is 1. The van der Waals surface area contributed by atoms with Crippen LogP contribution in [-0.4, -0.2) is 61.9 Å². The molecule has 3 aromatic rings. The minimum Gasteiger partial charge on any atom is -0.493 e. The lowest BCUT2D eigenvalue weighted by Crippen LogP contribution is -2.45. The number of aliphatic hydroxyl groups is 1. The van der Waals surface area contributed by atoms with E-state index in [4.69, 9.17) is 23.7 Å². The van der Waals surface area contributed by atoms with E-state index >= 15 is 0 Å². The van der Waals surface area contributed by atoms with Crippen molar-refractivity contribution in [3.63, 3.8) is 0 Å². The lowest BCUT2D eigenvalue weighted by Gasteiger charge is -2.28. The van der Waals surface area contributed by atoms with E-state index in [2.05, 4.69) is 21.2 Å². The van der Waals surface area contributed by atoms with Crippen LogP contribution in [0, 0.1) is 10.1 Å². The Morgan fingerprint density at radius 1 is 1.06 bits per heavy atom. The number of nitrogens with zero attached hydrogens (tertiary/aromatic N) is 2. The highest BCUT2D eigenvalue weighted by atomic mass is 16.6. The van der Waals surface area contributed by atoms with Crippen molar-refractivity contribution in [2.75, 3.05) is 27.4 Å². The molecule has 0 saturated heterocycles. The number of urea groups is 1. The summed E-state index contributed by atoms with van der Waals surface area (Å²) in [5, 5.41) is 31.5. The van der Waals surface area contributed by atoms with E-state index in [1.165, 1.54) is 32.6 Å². The minimum absolute atomic E-state index is 0.106. The van der Waals surface area contributed by atoms with Gasteiger partial charge in [0.2, 0.25) is 0 Å². The van der Waals surface area contributed by atoms with Gasteiger partial charge in [-0.1, -0.05) is 36.4 Å². The number of nitro groups is 1. The molecule has 1 aliphatic heterocycles. The van der Waals surface area contributed by atoms with Gasteiger partial charge in [0.1, 0.15) is 13.2 Å². The highest BCUT2D eigenvalue weighted by Gasteiger charge is 2.32. The van der Waals surface area contributed by atoms with Gasteiger partial charge < -0.3 is 39.4 Å². The predicted molar refractivity (Wildman–Crippen MR) is 169 cm³/mol. The van der Waals surface area contributed by atoms with Crippen LogP contribution in [0.2, 0.25) is 0 Å². The average molecular weight is 650 g/mol. The number of benzene rings is 3. The third-order valence-electron chi connectivity index (χ3n) is 6.85. The van der Waals surface area contributed by atoms with Gasteiger partial charge in [-0.2, -0.15) is 5.10 Å². The van der Waals surface area contributed by atoms with Crippen molar-refractivity contribution in [3.05, 3.63) is 98.7 Å². The van der Waals surface area contributed by atoms with Gasteiger partial charge in [-0.3, -0.25) is 15.5 Å². The zero-order valence-electron chi connectivity index (χ0n) is 26.1. The Hall–Kier alpha value is -5.83. The fourth-order valence-corrected chi connectivity index (χ4v) is 4.65. The monoisotopic (exact) mass is 649 g/mol. The van der Waals surface area contributed by atoms with Crippen LogP contribution >= 0.6 is 0 Å². The molecule has 248 valence electrons. The van der Waals surface area contributed by atoms with Gasteiger partial charge >= 0.3 is 12.0 Å². The molecular weight excluding hydrogens is 614 g/mol. The number of nitrogens with one attached hydrogen (secondary N) is 3. The fourth-order valence-electron chi connectivity index (χ4n) is 4.65. The summed E-state index contributed by atoms with van der Waals surface area (Å²) < 4.78 is 27.5. The molecule has 1 aliphatic rings. The van der Waals surface area contributed by atoms with Gasteiger partial charge in [0.15, 0.2) is 29.2 Å². The Morgan fingerprint density at radius 2 is 1.81 bits per heavy atom. The van der Waals surface area contributed by atoms with Crippen molar-refractivity contribution in [2.24, 2.45) is 5.10 Å². The zero-order chi connectivity index (χ0) is 33.9. The van der Waals surface area contributed by atoms with Crippen LogP contribution < -0.4 is 35.0 Å². The SMILES string of the molecule is CCOc1cc([C@@H]2NC(=O)NC(C)=C2C(=O)OC)ccc1OC[C@H](O)N/N=C\c1cc(OC)c(OCc2ccccc2)cc1[N+](=O)[O-]. The second-order valence-corrected chi connectivity index (χ2v) is 10.0. The normalized spacial score (nSPS) is 14.9. The molecule has 0 spiro atoms. The van der Waals surface area contributed by atoms with Crippen LogP contribution in [0.3, 0.4) is 0 Å². The van der Waals surface area contributed by atoms with Crippen molar-refractivity contribution in [1.29, 1.82) is 0 Å². The molecule has 0 unspecified atom stereocenters. The molecule has 2 atom stereocenters. The largest absolute Gasteiger partial charge is 0.493 e. The number of carbonyl (C=O) groups excluding carboxylic acids is 2.